The minimum absolute atomic E-state index is 0.267. The van der Waals surface area contributed by atoms with Crippen molar-refractivity contribution in [2.75, 3.05) is 20.3 Å². The summed E-state index contributed by atoms with van der Waals surface area (Å²) in [6.45, 7) is 2.19. The number of nitrogens with one attached hydrogen (secondary N) is 1. The second kappa shape index (κ2) is 7.36. The average molecular weight is 265 g/mol. The number of hydrogen-bond acceptors (Lipinski definition) is 4. The molecule has 1 aliphatic carbocycles. The van der Waals surface area contributed by atoms with E-state index >= 15 is 0 Å². The third-order valence-electron chi connectivity index (χ3n) is 3.54. The van der Waals surface area contributed by atoms with Crippen LogP contribution in [0.25, 0.3) is 0 Å². The summed E-state index contributed by atoms with van der Waals surface area (Å²) in [5.74, 6) is 0.939. The monoisotopic (exact) mass is 265 g/mol. The van der Waals surface area contributed by atoms with Crippen LogP contribution in [-0.4, -0.2) is 31.5 Å². The summed E-state index contributed by atoms with van der Waals surface area (Å²) in [4.78, 5) is 0. The van der Waals surface area contributed by atoms with Crippen LogP contribution in [0.4, 0.5) is 0 Å². The zero-order valence-corrected chi connectivity index (χ0v) is 11.5. The van der Waals surface area contributed by atoms with Gasteiger partial charge >= 0.3 is 0 Å². The highest BCUT2D eigenvalue weighted by molar-refractivity contribution is 5.39. The quantitative estimate of drug-likeness (QED) is 0.744. The molecule has 4 nitrogen and oxygen atoms in total. The highest BCUT2D eigenvalue weighted by atomic mass is 16.5. The summed E-state index contributed by atoms with van der Waals surface area (Å²) >= 11 is 0. The number of hydrogen-bond donors (Lipinski definition) is 2. The van der Waals surface area contributed by atoms with E-state index in [1.807, 2.05) is 12.1 Å². The van der Waals surface area contributed by atoms with Crippen LogP contribution in [0.2, 0.25) is 0 Å². The van der Waals surface area contributed by atoms with Gasteiger partial charge in [-0.2, -0.15) is 0 Å². The molecule has 1 fully saturated rings. The van der Waals surface area contributed by atoms with Gasteiger partial charge in [0.25, 0.3) is 0 Å². The summed E-state index contributed by atoms with van der Waals surface area (Å²) < 4.78 is 10.8. The van der Waals surface area contributed by atoms with Gasteiger partial charge in [0.05, 0.1) is 19.8 Å². The Balaban J connectivity index is 1.64. The van der Waals surface area contributed by atoms with Gasteiger partial charge in [-0.1, -0.05) is 18.9 Å². The van der Waals surface area contributed by atoms with Crippen LogP contribution >= 0.6 is 0 Å². The molecule has 1 aromatic rings. The topological polar surface area (TPSA) is 50.7 Å². The first-order chi connectivity index (χ1) is 9.29. The first kappa shape index (κ1) is 14.2. The lowest BCUT2D eigenvalue weighted by Crippen LogP contribution is -2.21. The number of ether oxygens (including phenoxy) is 2. The molecule has 0 bridgehead atoms. The molecule has 0 unspecified atom stereocenters. The van der Waals surface area contributed by atoms with Crippen molar-refractivity contribution in [1.29, 1.82) is 0 Å². The summed E-state index contributed by atoms with van der Waals surface area (Å²) in [6, 6.07) is 5.36. The van der Waals surface area contributed by atoms with Gasteiger partial charge < -0.3 is 19.9 Å². The lowest BCUT2D eigenvalue weighted by molar-refractivity contribution is 0.0602. The van der Waals surface area contributed by atoms with Gasteiger partial charge in [0.2, 0.25) is 0 Å². The number of benzene rings is 1. The van der Waals surface area contributed by atoms with E-state index in [4.69, 9.17) is 9.47 Å². The highest BCUT2D eigenvalue weighted by Gasteiger charge is 2.14. The van der Waals surface area contributed by atoms with E-state index in [1.165, 1.54) is 25.7 Å². The Morgan fingerprint density at radius 2 is 2.11 bits per heavy atom. The average Bonchev–Trinajstić information content (AvgIpc) is 2.93. The molecule has 0 amide bonds. The van der Waals surface area contributed by atoms with Crippen LogP contribution in [-0.2, 0) is 11.3 Å². The van der Waals surface area contributed by atoms with Crippen molar-refractivity contribution in [3.05, 3.63) is 23.8 Å². The standard InChI is InChI=1S/C15H23NO3/c1-18-14-7-6-12(15(17)10-14)11-16-8-9-19-13-4-2-3-5-13/h6-7,10,13,16-17H,2-5,8-9,11H2,1H3. The van der Waals surface area contributed by atoms with Gasteiger partial charge in [-0.25, -0.2) is 0 Å². The van der Waals surface area contributed by atoms with Crippen molar-refractivity contribution in [2.24, 2.45) is 0 Å². The molecule has 0 heterocycles. The fraction of sp³-hybridized carbons (Fsp3) is 0.600. The minimum Gasteiger partial charge on any atom is -0.507 e. The predicted octanol–water partition coefficient (Wildman–Crippen LogP) is 2.45. The molecule has 0 saturated heterocycles. The van der Waals surface area contributed by atoms with Gasteiger partial charge in [-0.15, -0.1) is 0 Å². The lowest BCUT2D eigenvalue weighted by atomic mass is 10.2. The lowest BCUT2D eigenvalue weighted by Gasteiger charge is -2.12. The number of methoxy groups -OCH3 is 1. The molecule has 0 aliphatic heterocycles. The predicted molar refractivity (Wildman–Crippen MR) is 74.6 cm³/mol. The van der Waals surface area contributed by atoms with Gasteiger partial charge in [-0.05, 0) is 18.9 Å². The highest BCUT2D eigenvalue weighted by Crippen LogP contribution is 2.23. The van der Waals surface area contributed by atoms with E-state index in [9.17, 15) is 5.11 Å². The van der Waals surface area contributed by atoms with Gasteiger partial charge in [-0.3, -0.25) is 0 Å². The Hall–Kier alpha value is -1.26. The fourth-order valence-electron chi connectivity index (χ4n) is 2.40. The maximum absolute atomic E-state index is 9.80. The molecule has 0 aromatic heterocycles. The molecule has 4 heteroatoms. The van der Waals surface area contributed by atoms with E-state index in [0.29, 0.717) is 18.4 Å². The number of phenols is 1. The molecular formula is C15H23NO3. The third-order valence-corrected chi connectivity index (χ3v) is 3.54. The first-order valence-corrected chi connectivity index (χ1v) is 6.98. The molecule has 1 aliphatic rings. The molecule has 1 saturated carbocycles. The molecule has 2 N–H and O–H groups in total. The largest absolute Gasteiger partial charge is 0.507 e. The molecule has 1 aromatic carbocycles. The Morgan fingerprint density at radius 1 is 1.32 bits per heavy atom. The minimum atomic E-state index is 0.267. The van der Waals surface area contributed by atoms with E-state index in [0.717, 1.165) is 18.7 Å². The van der Waals surface area contributed by atoms with E-state index in [2.05, 4.69) is 5.32 Å². The van der Waals surface area contributed by atoms with Crippen LogP contribution in [0.15, 0.2) is 18.2 Å². The van der Waals surface area contributed by atoms with E-state index in [-0.39, 0.29) is 5.75 Å². The van der Waals surface area contributed by atoms with Crippen LogP contribution in [0, 0.1) is 0 Å². The molecule has 2 rings (SSSR count). The summed E-state index contributed by atoms with van der Waals surface area (Å²) in [7, 11) is 1.59. The molecule has 19 heavy (non-hydrogen) atoms. The van der Waals surface area contributed by atoms with Crippen molar-refractivity contribution in [1.82, 2.24) is 5.32 Å². The van der Waals surface area contributed by atoms with E-state index in [1.54, 1.807) is 13.2 Å². The van der Waals surface area contributed by atoms with Crippen molar-refractivity contribution in [2.45, 2.75) is 38.3 Å². The maximum Gasteiger partial charge on any atom is 0.123 e. The van der Waals surface area contributed by atoms with Crippen molar-refractivity contribution >= 4 is 0 Å². The summed E-state index contributed by atoms with van der Waals surface area (Å²) in [6.07, 6.45) is 5.49. The van der Waals surface area contributed by atoms with Crippen LogP contribution in [0.1, 0.15) is 31.2 Å². The van der Waals surface area contributed by atoms with Crippen molar-refractivity contribution < 1.29 is 14.6 Å². The maximum atomic E-state index is 9.80. The van der Waals surface area contributed by atoms with Crippen molar-refractivity contribution in [3.8, 4) is 11.5 Å². The van der Waals surface area contributed by atoms with Crippen LogP contribution in [0.5, 0.6) is 11.5 Å². The second-order valence-corrected chi connectivity index (χ2v) is 4.95. The van der Waals surface area contributed by atoms with Gasteiger partial charge in [0, 0.05) is 24.7 Å². The van der Waals surface area contributed by atoms with E-state index < -0.39 is 0 Å². The first-order valence-electron chi connectivity index (χ1n) is 6.98. The normalized spacial score (nSPS) is 15.8. The molecule has 0 atom stereocenters. The number of phenolic OH excluding ortho intramolecular Hbond substituents is 1. The van der Waals surface area contributed by atoms with Crippen LogP contribution < -0.4 is 10.1 Å². The number of rotatable bonds is 7. The number of aromatic hydroxyl groups is 1. The zero-order valence-electron chi connectivity index (χ0n) is 11.5. The molecular weight excluding hydrogens is 242 g/mol. The summed E-state index contributed by atoms with van der Waals surface area (Å²) in [5, 5.41) is 13.1. The Labute approximate surface area is 114 Å². The Morgan fingerprint density at radius 3 is 2.79 bits per heavy atom. The van der Waals surface area contributed by atoms with Gasteiger partial charge in [0.15, 0.2) is 0 Å². The Kier molecular flexibility index (Phi) is 5.48. The Bertz CT molecular complexity index is 389. The smallest absolute Gasteiger partial charge is 0.123 e. The molecule has 0 spiro atoms. The van der Waals surface area contributed by atoms with Crippen molar-refractivity contribution in [3.63, 3.8) is 0 Å². The van der Waals surface area contributed by atoms with Crippen LogP contribution in [0.3, 0.4) is 0 Å². The van der Waals surface area contributed by atoms with Gasteiger partial charge in [0.1, 0.15) is 11.5 Å². The molecule has 106 valence electrons. The fourth-order valence-corrected chi connectivity index (χ4v) is 2.40. The third kappa shape index (κ3) is 4.40. The zero-order chi connectivity index (χ0) is 13.5. The SMILES string of the molecule is COc1ccc(CNCCOC2CCCC2)c(O)c1. The molecule has 0 radical (unpaired) electrons. The second-order valence-electron chi connectivity index (χ2n) is 4.95. The summed E-state index contributed by atoms with van der Waals surface area (Å²) in [5.41, 5.74) is 0.877.